The molecule has 0 saturated heterocycles. The van der Waals surface area contributed by atoms with E-state index in [0.717, 1.165) is 24.3 Å². The fourth-order valence-electron chi connectivity index (χ4n) is 3.42. The lowest BCUT2D eigenvalue weighted by Crippen LogP contribution is -2.30. The number of nitrogens with zero attached hydrogens (tertiary/aromatic N) is 1. The smallest absolute Gasteiger partial charge is 0.339 e. The second-order valence-corrected chi connectivity index (χ2v) is 9.16. The van der Waals surface area contributed by atoms with Crippen LogP contribution in [0.3, 0.4) is 0 Å². The minimum absolute atomic E-state index is 0.0682. The maximum absolute atomic E-state index is 13.3. The molecule has 180 valence electrons. The third kappa shape index (κ3) is 6.07. The Bertz CT molecular complexity index is 1400. The quantitative estimate of drug-likeness (QED) is 0.303. The monoisotopic (exact) mass is 495 g/mol. The number of benzene rings is 3. The van der Waals surface area contributed by atoms with Gasteiger partial charge in [-0.25, -0.2) is 4.39 Å². The van der Waals surface area contributed by atoms with Crippen molar-refractivity contribution in [3.63, 3.8) is 0 Å². The fraction of sp³-hybridized carbons (Fsp3) is 0.115. The summed E-state index contributed by atoms with van der Waals surface area (Å²) in [5.41, 5.74) is 1.07. The molecule has 0 aliphatic heterocycles. The van der Waals surface area contributed by atoms with E-state index in [0.29, 0.717) is 22.6 Å². The van der Waals surface area contributed by atoms with Gasteiger partial charge in [0.2, 0.25) is 0 Å². The summed E-state index contributed by atoms with van der Waals surface area (Å²) in [6.07, 6.45) is 1.53. The Morgan fingerprint density at radius 1 is 0.914 bits per heavy atom. The van der Waals surface area contributed by atoms with Gasteiger partial charge >= 0.3 is 10.1 Å². The maximum Gasteiger partial charge on any atom is 0.339 e. The molecule has 0 aliphatic rings. The van der Waals surface area contributed by atoms with E-state index < -0.39 is 15.9 Å². The lowest BCUT2D eigenvalue weighted by atomic mass is 10.1. The van der Waals surface area contributed by atoms with Crippen LogP contribution in [-0.4, -0.2) is 26.3 Å². The van der Waals surface area contributed by atoms with Crippen LogP contribution in [0.1, 0.15) is 21.7 Å². The first-order chi connectivity index (χ1) is 16.8. The third-order valence-corrected chi connectivity index (χ3v) is 6.37. The summed E-state index contributed by atoms with van der Waals surface area (Å²) in [6.45, 7) is 0.354. The predicted molar refractivity (Wildman–Crippen MR) is 126 cm³/mol. The standard InChI is InChI=1S/C26H22FNO6S/c1-32-22-7-3-6-20(16-22)26(29)28(18-24-9-4-14-33-24)17-19-5-2-8-23(15-19)34-35(30,31)25-12-10-21(27)11-13-25/h2-16H,17-18H2,1H3. The van der Waals surface area contributed by atoms with Crippen molar-refractivity contribution in [2.24, 2.45) is 0 Å². The average molecular weight is 496 g/mol. The van der Waals surface area contributed by atoms with E-state index in [1.165, 1.54) is 25.5 Å². The third-order valence-electron chi connectivity index (χ3n) is 5.11. The fourth-order valence-corrected chi connectivity index (χ4v) is 4.34. The number of carbonyl (C=O) groups excluding carboxylic acids is 1. The Balaban J connectivity index is 1.57. The SMILES string of the molecule is COc1cccc(C(=O)N(Cc2cccc(OS(=O)(=O)c3ccc(F)cc3)c2)Cc2ccco2)c1. The highest BCUT2D eigenvalue weighted by Gasteiger charge is 2.20. The molecule has 0 unspecified atom stereocenters. The normalized spacial score (nSPS) is 11.1. The number of carbonyl (C=O) groups is 1. The van der Waals surface area contributed by atoms with Crippen LogP contribution >= 0.6 is 0 Å². The first-order valence-electron chi connectivity index (χ1n) is 10.6. The molecule has 1 amide bonds. The Morgan fingerprint density at radius 2 is 1.66 bits per heavy atom. The molecule has 3 aromatic carbocycles. The first-order valence-corrected chi connectivity index (χ1v) is 12.0. The van der Waals surface area contributed by atoms with Gasteiger partial charge in [0.05, 0.1) is 19.9 Å². The van der Waals surface area contributed by atoms with Crippen molar-refractivity contribution in [1.29, 1.82) is 0 Å². The van der Waals surface area contributed by atoms with Gasteiger partial charge in [-0.3, -0.25) is 4.79 Å². The van der Waals surface area contributed by atoms with Crippen LogP contribution in [0, 0.1) is 5.82 Å². The van der Waals surface area contributed by atoms with E-state index in [-0.39, 0.29) is 29.6 Å². The molecule has 1 aromatic heterocycles. The highest BCUT2D eigenvalue weighted by Crippen LogP contribution is 2.23. The number of hydrogen-bond donors (Lipinski definition) is 0. The van der Waals surface area contributed by atoms with Gasteiger partial charge in [0.1, 0.15) is 28.0 Å². The molecule has 0 bridgehead atoms. The number of methoxy groups -OCH3 is 1. The average Bonchev–Trinajstić information content (AvgIpc) is 3.37. The lowest BCUT2D eigenvalue weighted by Gasteiger charge is -2.22. The number of amides is 1. The van der Waals surface area contributed by atoms with Crippen molar-refractivity contribution >= 4 is 16.0 Å². The molecule has 0 aliphatic carbocycles. The zero-order valence-electron chi connectivity index (χ0n) is 18.8. The Labute approximate surface area is 202 Å². The van der Waals surface area contributed by atoms with Crippen molar-refractivity contribution in [1.82, 2.24) is 4.90 Å². The van der Waals surface area contributed by atoms with Gasteiger partial charge in [-0.05, 0) is 72.3 Å². The van der Waals surface area contributed by atoms with E-state index in [4.69, 9.17) is 13.3 Å². The van der Waals surface area contributed by atoms with Crippen LogP contribution in [0.5, 0.6) is 11.5 Å². The van der Waals surface area contributed by atoms with Crippen molar-refractivity contribution in [3.8, 4) is 11.5 Å². The van der Waals surface area contributed by atoms with Crippen molar-refractivity contribution < 1.29 is 30.9 Å². The van der Waals surface area contributed by atoms with Gasteiger partial charge < -0.3 is 18.2 Å². The molecule has 1 heterocycles. The maximum atomic E-state index is 13.3. The molecule has 0 radical (unpaired) electrons. The van der Waals surface area contributed by atoms with Crippen molar-refractivity contribution in [2.45, 2.75) is 18.0 Å². The number of hydrogen-bond acceptors (Lipinski definition) is 6. The van der Waals surface area contributed by atoms with E-state index in [1.54, 1.807) is 53.4 Å². The van der Waals surface area contributed by atoms with Gasteiger partial charge in [0.25, 0.3) is 5.91 Å². The summed E-state index contributed by atoms with van der Waals surface area (Å²) in [6, 6.07) is 21.1. The van der Waals surface area contributed by atoms with Gasteiger partial charge in [-0.1, -0.05) is 18.2 Å². The van der Waals surface area contributed by atoms with Gasteiger partial charge in [-0.15, -0.1) is 0 Å². The van der Waals surface area contributed by atoms with E-state index in [9.17, 15) is 17.6 Å². The van der Waals surface area contributed by atoms with Crippen LogP contribution < -0.4 is 8.92 Å². The molecule has 4 aromatic rings. The molecule has 0 spiro atoms. The summed E-state index contributed by atoms with van der Waals surface area (Å²) >= 11 is 0. The number of halogens is 1. The predicted octanol–water partition coefficient (Wildman–Crippen LogP) is 5.04. The van der Waals surface area contributed by atoms with Crippen LogP contribution in [0.2, 0.25) is 0 Å². The number of rotatable bonds is 9. The summed E-state index contributed by atoms with van der Waals surface area (Å²) < 4.78 is 54.2. The highest BCUT2D eigenvalue weighted by molar-refractivity contribution is 7.87. The Kier molecular flexibility index (Phi) is 7.17. The minimum Gasteiger partial charge on any atom is -0.497 e. The molecule has 0 atom stereocenters. The van der Waals surface area contributed by atoms with E-state index >= 15 is 0 Å². The molecule has 4 rings (SSSR count). The highest BCUT2D eigenvalue weighted by atomic mass is 32.2. The molecular weight excluding hydrogens is 473 g/mol. The molecule has 7 nitrogen and oxygen atoms in total. The Morgan fingerprint density at radius 3 is 2.37 bits per heavy atom. The van der Waals surface area contributed by atoms with Crippen molar-refractivity contribution in [3.05, 3.63) is 114 Å². The summed E-state index contributed by atoms with van der Waals surface area (Å²) in [4.78, 5) is 14.7. The first kappa shape index (κ1) is 24.0. The Hall–Kier alpha value is -4.11. The molecule has 9 heteroatoms. The van der Waals surface area contributed by atoms with E-state index in [2.05, 4.69) is 0 Å². The van der Waals surface area contributed by atoms with Gasteiger partial charge in [0, 0.05) is 12.1 Å². The molecular formula is C26H22FNO6S. The molecule has 0 saturated carbocycles. The molecule has 35 heavy (non-hydrogen) atoms. The molecule has 0 N–H and O–H groups in total. The van der Waals surface area contributed by atoms with E-state index in [1.807, 2.05) is 0 Å². The van der Waals surface area contributed by atoms with Crippen LogP contribution in [0.4, 0.5) is 4.39 Å². The van der Waals surface area contributed by atoms with Crippen LogP contribution in [0.15, 0.2) is 101 Å². The zero-order chi connectivity index (χ0) is 24.8. The largest absolute Gasteiger partial charge is 0.497 e. The topological polar surface area (TPSA) is 86.0 Å². The van der Waals surface area contributed by atoms with Crippen LogP contribution in [-0.2, 0) is 23.2 Å². The second-order valence-electron chi connectivity index (χ2n) is 7.61. The molecule has 0 fully saturated rings. The number of ether oxygens (including phenoxy) is 1. The minimum atomic E-state index is -4.16. The van der Waals surface area contributed by atoms with Gasteiger partial charge in [0.15, 0.2) is 0 Å². The van der Waals surface area contributed by atoms with Crippen molar-refractivity contribution in [2.75, 3.05) is 7.11 Å². The van der Waals surface area contributed by atoms with Gasteiger partial charge in [-0.2, -0.15) is 8.42 Å². The second kappa shape index (κ2) is 10.4. The zero-order valence-corrected chi connectivity index (χ0v) is 19.6. The summed E-state index contributed by atoms with van der Waals surface area (Å²) in [5.74, 6) is 0.398. The lowest BCUT2D eigenvalue weighted by molar-refractivity contribution is 0.0717. The summed E-state index contributed by atoms with van der Waals surface area (Å²) in [5, 5.41) is 0. The summed E-state index contributed by atoms with van der Waals surface area (Å²) in [7, 11) is -2.64. The number of furan rings is 1. The van der Waals surface area contributed by atoms with Crippen LogP contribution in [0.25, 0.3) is 0 Å².